The standard InChI is InChI=1S/C9H9IS2/c10-7-2-3-8-9(6-7)12-5-1-4-11-8/h2-3,6H,1,4-5H2. The monoisotopic (exact) mass is 308 g/mol. The van der Waals surface area contributed by atoms with Crippen LogP contribution < -0.4 is 0 Å². The number of benzene rings is 1. The molecule has 0 nitrogen and oxygen atoms in total. The maximum Gasteiger partial charge on any atom is 0.0218 e. The Balaban J connectivity index is 2.36. The van der Waals surface area contributed by atoms with E-state index in [0.717, 1.165) is 0 Å². The third-order valence-corrected chi connectivity index (χ3v) is 4.81. The summed E-state index contributed by atoms with van der Waals surface area (Å²) in [6.07, 6.45) is 1.33. The second-order valence-corrected chi connectivity index (χ2v) is 6.16. The summed E-state index contributed by atoms with van der Waals surface area (Å²) in [7, 11) is 0. The summed E-state index contributed by atoms with van der Waals surface area (Å²) in [5.41, 5.74) is 0. The molecule has 0 amide bonds. The minimum absolute atomic E-state index is 1.28. The largest absolute Gasteiger partial charge is 0.125 e. The SMILES string of the molecule is Ic1ccc2c(c1)SCCCS2. The van der Waals surface area contributed by atoms with Gasteiger partial charge in [0.25, 0.3) is 0 Å². The molecule has 0 radical (unpaired) electrons. The van der Waals surface area contributed by atoms with Gasteiger partial charge in [0.2, 0.25) is 0 Å². The van der Waals surface area contributed by atoms with Gasteiger partial charge in [0, 0.05) is 13.4 Å². The predicted octanol–water partition coefficient (Wildman–Crippen LogP) is 3.88. The van der Waals surface area contributed by atoms with Crippen molar-refractivity contribution in [2.45, 2.75) is 16.2 Å². The molecule has 1 aromatic rings. The smallest absolute Gasteiger partial charge is 0.0218 e. The second-order valence-electron chi connectivity index (χ2n) is 2.64. The van der Waals surface area contributed by atoms with E-state index < -0.39 is 0 Å². The number of halogens is 1. The third-order valence-electron chi connectivity index (χ3n) is 1.71. The van der Waals surface area contributed by atoms with E-state index in [1.807, 2.05) is 23.5 Å². The summed E-state index contributed by atoms with van der Waals surface area (Å²) in [4.78, 5) is 2.95. The average Bonchev–Trinajstić information content (AvgIpc) is 2.28. The van der Waals surface area contributed by atoms with Crippen LogP contribution in [-0.4, -0.2) is 11.5 Å². The minimum atomic E-state index is 1.28. The van der Waals surface area contributed by atoms with Crippen molar-refractivity contribution >= 4 is 46.1 Å². The molecule has 64 valence electrons. The van der Waals surface area contributed by atoms with Gasteiger partial charge in [-0.1, -0.05) is 0 Å². The van der Waals surface area contributed by atoms with Crippen molar-refractivity contribution in [1.29, 1.82) is 0 Å². The van der Waals surface area contributed by atoms with Crippen molar-refractivity contribution in [2.24, 2.45) is 0 Å². The van der Waals surface area contributed by atoms with Crippen LogP contribution in [0.4, 0.5) is 0 Å². The van der Waals surface area contributed by atoms with Gasteiger partial charge >= 0.3 is 0 Å². The molecule has 0 saturated carbocycles. The van der Waals surface area contributed by atoms with Crippen LogP contribution in [0.2, 0.25) is 0 Å². The lowest BCUT2D eigenvalue weighted by Gasteiger charge is -2.03. The molecule has 1 heterocycles. The van der Waals surface area contributed by atoms with Crippen LogP contribution in [0.15, 0.2) is 28.0 Å². The average molecular weight is 308 g/mol. The first-order chi connectivity index (χ1) is 5.86. The van der Waals surface area contributed by atoms with E-state index in [-0.39, 0.29) is 0 Å². The van der Waals surface area contributed by atoms with Crippen LogP contribution in [0.5, 0.6) is 0 Å². The summed E-state index contributed by atoms with van der Waals surface area (Å²) in [6, 6.07) is 6.73. The molecule has 12 heavy (non-hydrogen) atoms. The van der Waals surface area contributed by atoms with E-state index in [0.29, 0.717) is 0 Å². The van der Waals surface area contributed by atoms with Crippen LogP contribution in [0.3, 0.4) is 0 Å². The van der Waals surface area contributed by atoms with Gasteiger partial charge in [0.1, 0.15) is 0 Å². The molecule has 0 bridgehead atoms. The summed E-state index contributed by atoms with van der Waals surface area (Å²) in [6.45, 7) is 0. The predicted molar refractivity (Wildman–Crippen MR) is 65.2 cm³/mol. The highest BCUT2D eigenvalue weighted by Gasteiger charge is 2.08. The molecule has 0 unspecified atom stereocenters. The fraction of sp³-hybridized carbons (Fsp3) is 0.333. The van der Waals surface area contributed by atoms with Gasteiger partial charge in [-0.2, -0.15) is 0 Å². The van der Waals surface area contributed by atoms with Gasteiger partial charge in [-0.05, 0) is 58.7 Å². The number of rotatable bonds is 0. The van der Waals surface area contributed by atoms with Crippen LogP contribution in [0.25, 0.3) is 0 Å². The normalized spacial score (nSPS) is 16.8. The zero-order valence-corrected chi connectivity index (χ0v) is 10.3. The van der Waals surface area contributed by atoms with Gasteiger partial charge in [0.15, 0.2) is 0 Å². The number of thioether (sulfide) groups is 2. The molecular weight excluding hydrogens is 299 g/mol. The van der Waals surface area contributed by atoms with Crippen molar-refractivity contribution in [3.05, 3.63) is 21.8 Å². The maximum absolute atomic E-state index is 2.38. The molecule has 0 saturated heterocycles. The second kappa shape index (κ2) is 4.24. The highest BCUT2D eigenvalue weighted by molar-refractivity contribution is 14.1. The van der Waals surface area contributed by atoms with E-state index >= 15 is 0 Å². The lowest BCUT2D eigenvalue weighted by Crippen LogP contribution is -1.78. The molecule has 0 atom stereocenters. The first kappa shape index (κ1) is 9.21. The Hall–Kier alpha value is 0.650. The highest BCUT2D eigenvalue weighted by Crippen LogP contribution is 2.35. The van der Waals surface area contributed by atoms with Gasteiger partial charge in [-0.3, -0.25) is 0 Å². The van der Waals surface area contributed by atoms with Crippen LogP contribution in [0.1, 0.15) is 6.42 Å². The van der Waals surface area contributed by atoms with Gasteiger partial charge < -0.3 is 0 Å². The first-order valence-electron chi connectivity index (χ1n) is 3.91. The van der Waals surface area contributed by atoms with Gasteiger partial charge in [-0.15, -0.1) is 23.5 Å². The fourth-order valence-corrected chi connectivity index (χ4v) is 4.18. The Morgan fingerprint density at radius 3 is 2.67 bits per heavy atom. The lowest BCUT2D eigenvalue weighted by atomic mass is 10.4. The summed E-state index contributed by atoms with van der Waals surface area (Å²) < 4.78 is 1.35. The van der Waals surface area contributed by atoms with Crippen molar-refractivity contribution < 1.29 is 0 Å². The number of fused-ring (bicyclic) bond motifs is 1. The Bertz CT molecular complexity index is 286. The number of hydrogen-bond donors (Lipinski definition) is 0. The third kappa shape index (κ3) is 2.12. The topological polar surface area (TPSA) is 0 Å². The Labute approximate surface area is 95.0 Å². The highest BCUT2D eigenvalue weighted by atomic mass is 127. The van der Waals surface area contributed by atoms with Crippen molar-refractivity contribution in [2.75, 3.05) is 11.5 Å². The lowest BCUT2D eigenvalue weighted by molar-refractivity contribution is 1.13. The molecule has 2 rings (SSSR count). The Kier molecular flexibility index (Phi) is 3.26. The first-order valence-corrected chi connectivity index (χ1v) is 6.96. The molecule has 1 aliphatic heterocycles. The van der Waals surface area contributed by atoms with Gasteiger partial charge in [0.05, 0.1) is 0 Å². The maximum atomic E-state index is 2.38. The van der Waals surface area contributed by atoms with E-state index in [1.165, 1.54) is 31.3 Å². The molecular formula is C9H9IS2. The Morgan fingerprint density at radius 1 is 1.08 bits per heavy atom. The summed E-state index contributed by atoms with van der Waals surface area (Å²) >= 11 is 6.37. The van der Waals surface area contributed by atoms with E-state index in [1.54, 1.807) is 0 Å². The van der Waals surface area contributed by atoms with Gasteiger partial charge in [-0.25, -0.2) is 0 Å². The molecule has 1 aromatic carbocycles. The minimum Gasteiger partial charge on any atom is -0.125 e. The van der Waals surface area contributed by atoms with Crippen LogP contribution >= 0.6 is 46.1 Å². The summed E-state index contributed by atoms with van der Waals surface area (Å²) in [5, 5.41) is 0. The van der Waals surface area contributed by atoms with E-state index in [4.69, 9.17) is 0 Å². The quantitative estimate of drug-likeness (QED) is 0.667. The van der Waals surface area contributed by atoms with Crippen LogP contribution in [0, 0.1) is 3.57 Å². The number of hydrogen-bond acceptors (Lipinski definition) is 2. The molecule has 0 spiro atoms. The Morgan fingerprint density at radius 2 is 1.83 bits per heavy atom. The molecule has 0 aliphatic carbocycles. The van der Waals surface area contributed by atoms with E-state index in [2.05, 4.69) is 40.8 Å². The van der Waals surface area contributed by atoms with Crippen LogP contribution in [-0.2, 0) is 0 Å². The van der Waals surface area contributed by atoms with Crippen molar-refractivity contribution in [3.63, 3.8) is 0 Å². The van der Waals surface area contributed by atoms with Crippen molar-refractivity contribution in [1.82, 2.24) is 0 Å². The fourth-order valence-electron chi connectivity index (χ4n) is 1.14. The zero-order chi connectivity index (χ0) is 8.39. The summed E-state index contributed by atoms with van der Waals surface area (Å²) in [5.74, 6) is 2.56. The zero-order valence-electron chi connectivity index (χ0n) is 6.55. The molecule has 0 N–H and O–H groups in total. The molecule has 0 fully saturated rings. The molecule has 0 aromatic heterocycles. The molecule has 1 aliphatic rings. The van der Waals surface area contributed by atoms with E-state index in [9.17, 15) is 0 Å². The van der Waals surface area contributed by atoms with Crippen molar-refractivity contribution in [3.8, 4) is 0 Å². The molecule has 3 heteroatoms.